The third-order valence-corrected chi connectivity index (χ3v) is 3.80. The molecular formula is C14H17Cl2N3O. The molecule has 2 N–H and O–H groups in total. The molecule has 1 heterocycles. The largest absolute Gasteiger partial charge is 0.383 e. The first kappa shape index (κ1) is 15.2. The Bertz CT molecular complexity index is 611. The third-order valence-electron chi connectivity index (χ3n) is 3.06. The van der Waals surface area contributed by atoms with Crippen LogP contribution in [0.25, 0.3) is 11.1 Å². The molecule has 108 valence electrons. The summed E-state index contributed by atoms with van der Waals surface area (Å²) in [6.45, 7) is 3.26. The Labute approximate surface area is 128 Å². The van der Waals surface area contributed by atoms with Crippen LogP contribution in [-0.2, 0) is 18.2 Å². The summed E-state index contributed by atoms with van der Waals surface area (Å²) >= 11 is 12.0. The predicted octanol–water partition coefficient (Wildman–Crippen LogP) is 3.56. The van der Waals surface area contributed by atoms with Crippen LogP contribution in [0.15, 0.2) is 18.2 Å². The molecule has 0 unspecified atom stereocenters. The number of ether oxygens (including phenoxy) is 1. The summed E-state index contributed by atoms with van der Waals surface area (Å²) in [7, 11) is 1.82. The van der Waals surface area contributed by atoms with Gasteiger partial charge in [0.1, 0.15) is 5.82 Å². The highest BCUT2D eigenvalue weighted by molar-refractivity contribution is 6.42. The molecule has 0 atom stereocenters. The molecule has 6 heteroatoms. The average molecular weight is 314 g/mol. The number of nitrogens with two attached hydrogens (primary N) is 1. The number of aromatic nitrogens is 2. The number of halogens is 2. The Morgan fingerprint density at radius 3 is 2.70 bits per heavy atom. The Balaban J connectivity index is 2.40. The molecule has 2 aromatic rings. The van der Waals surface area contributed by atoms with Crippen LogP contribution in [0.3, 0.4) is 0 Å². The van der Waals surface area contributed by atoms with Crippen LogP contribution in [-0.4, -0.2) is 23.0 Å². The number of hydrogen-bond acceptors (Lipinski definition) is 3. The lowest BCUT2D eigenvalue weighted by Crippen LogP contribution is -2.00. The van der Waals surface area contributed by atoms with Crippen molar-refractivity contribution in [2.75, 3.05) is 18.9 Å². The normalized spacial score (nSPS) is 11.0. The maximum absolute atomic E-state index is 6.11. The molecule has 1 aromatic heterocycles. The van der Waals surface area contributed by atoms with Crippen LogP contribution < -0.4 is 5.73 Å². The second-order valence-corrected chi connectivity index (χ2v) is 5.22. The van der Waals surface area contributed by atoms with Crippen molar-refractivity contribution >= 4 is 29.0 Å². The number of nitrogens with zero attached hydrogens (tertiary/aromatic N) is 2. The highest BCUT2D eigenvalue weighted by Crippen LogP contribution is 2.33. The molecule has 0 aliphatic rings. The summed E-state index contributed by atoms with van der Waals surface area (Å²) < 4.78 is 7.05. The molecule has 0 saturated heterocycles. The molecule has 4 nitrogen and oxygen atoms in total. The standard InChI is InChI=1S/C14H17Cl2N3O/c1-3-20-7-6-12-13(14(17)19(2)18-12)9-4-5-10(15)11(16)8-9/h4-5,8H,3,6-7,17H2,1-2H3. The van der Waals surface area contributed by atoms with E-state index in [0.717, 1.165) is 16.8 Å². The van der Waals surface area contributed by atoms with Crippen molar-refractivity contribution in [2.45, 2.75) is 13.3 Å². The van der Waals surface area contributed by atoms with Gasteiger partial charge < -0.3 is 10.5 Å². The molecule has 0 aliphatic carbocycles. The molecule has 0 amide bonds. The maximum atomic E-state index is 6.11. The van der Waals surface area contributed by atoms with E-state index >= 15 is 0 Å². The van der Waals surface area contributed by atoms with Gasteiger partial charge in [0.15, 0.2) is 0 Å². The van der Waals surface area contributed by atoms with E-state index < -0.39 is 0 Å². The molecule has 0 radical (unpaired) electrons. The van der Waals surface area contributed by atoms with E-state index in [1.54, 1.807) is 16.8 Å². The number of rotatable bonds is 5. The molecule has 20 heavy (non-hydrogen) atoms. The fourth-order valence-electron chi connectivity index (χ4n) is 2.05. The summed E-state index contributed by atoms with van der Waals surface area (Å²) in [4.78, 5) is 0. The van der Waals surface area contributed by atoms with E-state index in [9.17, 15) is 0 Å². The fourth-order valence-corrected chi connectivity index (χ4v) is 2.35. The fraction of sp³-hybridized carbons (Fsp3) is 0.357. The zero-order valence-electron chi connectivity index (χ0n) is 11.5. The minimum atomic E-state index is 0.503. The molecule has 0 saturated carbocycles. The van der Waals surface area contributed by atoms with Crippen molar-refractivity contribution in [3.8, 4) is 11.1 Å². The molecule has 0 fully saturated rings. The molecule has 0 aliphatic heterocycles. The van der Waals surface area contributed by atoms with E-state index in [2.05, 4.69) is 5.10 Å². The molecule has 0 bridgehead atoms. The Kier molecular flexibility index (Phi) is 4.91. The monoisotopic (exact) mass is 313 g/mol. The minimum Gasteiger partial charge on any atom is -0.383 e. The van der Waals surface area contributed by atoms with Crippen LogP contribution in [0.4, 0.5) is 5.82 Å². The van der Waals surface area contributed by atoms with Crippen molar-refractivity contribution in [3.63, 3.8) is 0 Å². The number of aryl methyl sites for hydroxylation is 1. The number of hydrogen-bond donors (Lipinski definition) is 1. The van der Waals surface area contributed by atoms with E-state index in [4.69, 9.17) is 33.7 Å². The van der Waals surface area contributed by atoms with Gasteiger partial charge in [-0.25, -0.2) is 0 Å². The second-order valence-electron chi connectivity index (χ2n) is 4.41. The Hall–Kier alpha value is -1.23. The third kappa shape index (κ3) is 3.08. The topological polar surface area (TPSA) is 53.1 Å². The Morgan fingerprint density at radius 2 is 2.05 bits per heavy atom. The first-order valence-electron chi connectivity index (χ1n) is 6.39. The first-order valence-corrected chi connectivity index (χ1v) is 7.14. The van der Waals surface area contributed by atoms with Gasteiger partial charge in [0.05, 0.1) is 22.3 Å². The van der Waals surface area contributed by atoms with Gasteiger partial charge in [-0.3, -0.25) is 4.68 Å². The summed E-state index contributed by atoms with van der Waals surface area (Å²) in [5.74, 6) is 0.606. The van der Waals surface area contributed by atoms with Crippen molar-refractivity contribution < 1.29 is 4.74 Å². The summed E-state index contributed by atoms with van der Waals surface area (Å²) in [5.41, 5.74) is 8.82. The predicted molar refractivity (Wildman–Crippen MR) is 83.3 cm³/mol. The van der Waals surface area contributed by atoms with Gasteiger partial charge in [0.2, 0.25) is 0 Å². The van der Waals surface area contributed by atoms with E-state index in [-0.39, 0.29) is 0 Å². The van der Waals surface area contributed by atoms with Gasteiger partial charge in [-0.15, -0.1) is 0 Å². The number of anilines is 1. The first-order chi connectivity index (χ1) is 9.54. The minimum absolute atomic E-state index is 0.503. The van der Waals surface area contributed by atoms with Gasteiger partial charge in [-0.05, 0) is 24.6 Å². The highest BCUT2D eigenvalue weighted by Gasteiger charge is 2.16. The van der Waals surface area contributed by atoms with Gasteiger partial charge in [0.25, 0.3) is 0 Å². The van der Waals surface area contributed by atoms with Crippen molar-refractivity contribution in [1.82, 2.24) is 9.78 Å². The average Bonchev–Trinajstić information content (AvgIpc) is 2.69. The van der Waals surface area contributed by atoms with Gasteiger partial charge in [-0.2, -0.15) is 5.10 Å². The molecule has 1 aromatic carbocycles. The lowest BCUT2D eigenvalue weighted by Gasteiger charge is -2.06. The van der Waals surface area contributed by atoms with Crippen molar-refractivity contribution in [3.05, 3.63) is 33.9 Å². The summed E-state index contributed by atoms with van der Waals surface area (Å²) in [6, 6.07) is 5.46. The number of benzene rings is 1. The maximum Gasteiger partial charge on any atom is 0.129 e. The van der Waals surface area contributed by atoms with Crippen LogP contribution in [0.5, 0.6) is 0 Å². The molecule has 2 rings (SSSR count). The van der Waals surface area contributed by atoms with Crippen LogP contribution in [0, 0.1) is 0 Å². The highest BCUT2D eigenvalue weighted by atomic mass is 35.5. The Morgan fingerprint density at radius 1 is 1.30 bits per heavy atom. The summed E-state index contributed by atoms with van der Waals surface area (Å²) in [6.07, 6.45) is 0.703. The smallest absolute Gasteiger partial charge is 0.129 e. The van der Waals surface area contributed by atoms with E-state index in [0.29, 0.717) is 35.5 Å². The van der Waals surface area contributed by atoms with E-state index in [1.807, 2.05) is 20.0 Å². The quantitative estimate of drug-likeness (QED) is 0.859. The van der Waals surface area contributed by atoms with E-state index in [1.165, 1.54) is 0 Å². The van der Waals surface area contributed by atoms with Crippen molar-refractivity contribution in [2.24, 2.45) is 7.05 Å². The lowest BCUT2D eigenvalue weighted by atomic mass is 10.0. The van der Waals surface area contributed by atoms with Gasteiger partial charge >= 0.3 is 0 Å². The zero-order chi connectivity index (χ0) is 14.7. The zero-order valence-corrected chi connectivity index (χ0v) is 13.0. The van der Waals surface area contributed by atoms with Crippen LogP contribution in [0.1, 0.15) is 12.6 Å². The van der Waals surface area contributed by atoms with Gasteiger partial charge in [0, 0.05) is 25.6 Å². The van der Waals surface area contributed by atoms with Gasteiger partial charge in [-0.1, -0.05) is 29.3 Å². The lowest BCUT2D eigenvalue weighted by molar-refractivity contribution is 0.150. The summed E-state index contributed by atoms with van der Waals surface area (Å²) in [5, 5.41) is 5.47. The second kappa shape index (κ2) is 6.48. The number of nitrogen functional groups attached to an aromatic ring is 1. The molecule has 0 spiro atoms. The van der Waals surface area contributed by atoms with Crippen LogP contribution >= 0.6 is 23.2 Å². The van der Waals surface area contributed by atoms with Crippen molar-refractivity contribution in [1.29, 1.82) is 0 Å². The molecular weight excluding hydrogens is 297 g/mol. The van der Waals surface area contributed by atoms with Crippen LogP contribution in [0.2, 0.25) is 10.0 Å². The SMILES string of the molecule is CCOCCc1nn(C)c(N)c1-c1ccc(Cl)c(Cl)c1.